The number of rotatable bonds is 1. The first-order valence-corrected chi connectivity index (χ1v) is 7.49. The first kappa shape index (κ1) is 13.2. The van der Waals surface area contributed by atoms with Crippen molar-refractivity contribution in [2.75, 3.05) is 18.2 Å². The summed E-state index contributed by atoms with van der Waals surface area (Å²) < 4.78 is 11.7. The molecule has 22 heavy (non-hydrogen) atoms. The van der Waals surface area contributed by atoms with Crippen molar-refractivity contribution in [1.82, 2.24) is 0 Å². The molecule has 0 fully saturated rings. The smallest absolute Gasteiger partial charge is 0.170 e. The summed E-state index contributed by atoms with van der Waals surface area (Å²) in [7, 11) is 0. The van der Waals surface area contributed by atoms with Crippen LogP contribution in [-0.4, -0.2) is 19.1 Å². The van der Waals surface area contributed by atoms with Crippen molar-refractivity contribution in [2.45, 2.75) is 19.9 Å². The van der Waals surface area contributed by atoms with Crippen LogP contribution in [0.3, 0.4) is 0 Å². The summed E-state index contributed by atoms with van der Waals surface area (Å²) >= 11 is 0. The molecule has 0 amide bonds. The van der Waals surface area contributed by atoms with Crippen molar-refractivity contribution in [3.63, 3.8) is 0 Å². The van der Waals surface area contributed by atoms with Gasteiger partial charge < -0.3 is 14.4 Å². The topological polar surface area (TPSA) is 38.8 Å². The molecule has 0 bridgehead atoms. The lowest BCUT2D eigenvalue weighted by molar-refractivity contribution is 0.0931. The molecule has 0 aliphatic carbocycles. The van der Waals surface area contributed by atoms with Crippen LogP contribution in [0.2, 0.25) is 0 Å². The van der Waals surface area contributed by atoms with Gasteiger partial charge in [0.15, 0.2) is 12.5 Å². The largest absolute Gasteiger partial charge is 0.492 e. The van der Waals surface area contributed by atoms with E-state index >= 15 is 0 Å². The van der Waals surface area contributed by atoms with Crippen LogP contribution in [0, 0.1) is 6.92 Å². The lowest BCUT2D eigenvalue weighted by Gasteiger charge is -2.33. The van der Waals surface area contributed by atoms with Crippen LogP contribution in [0.1, 0.15) is 27.9 Å². The molecule has 0 saturated heterocycles. The van der Waals surface area contributed by atoms with Gasteiger partial charge in [0.2, 0.25) is 0 Å². The summed E-state index contributed by atoms with van der Waals surface area (Å²) in [4.78, 5) is 14.2. The molecule has 0 spiro atoms. The molecule has 4 nitrogen and oxygen atoms in total. The summed E-state index contributed by atoms with van der Waals surface area (Å²) in [6, 6.07) is 11.9. The number of benzene rings is 2. The zero-order chi connectivity index (χ0) is 15.1. The van der Waals surface area contributed by atoms with Crippen LogP contribution in [0.15, 0.2) is 36.4 Å². The Labute approximate surface area is 129 Å². The van der Waals surface area contributed by atoms with Gasteiger partial charge in [0, 0.05) is 12.1 Å². The van der Waals surface area contributed by atoms with Gasteiger partial charge in [-0.05, 0) is 30.7 Å². The lowest BCUT2D eigenvalue weighted by Crippen LogP contribution is -2.33. The molecule has 0 radical (unpaired) electrons. The number of nitrogens with zero attached hydrogens (tertiary/aromatic N) is 1. The molecular formula is C18H17NO3. The van der Waals surface area contributed by atoms with Crippen LogP contribution in [-0.2, 0) is 6.54 Å². The average molecular weight is 295 g/mol. The Bertz CT molecular complexity index is 754. The van der Waals surface area contributed by atoms with E-state index in [9.17, 15) is 4.79 Å². The number of fused-ring (bicyclic) bond motifs is 3. The fraction of sp³-hybridized carbons (Fsp3) is 0.278. The maximum Gasteiger partial charge on any atom is 0.170 e. The van der Waals surface area contributed by atoms with Gasteiger partial charge in [0.1, 0.15) is 11.5 Å². The molecule has 2 aromatic rings. The van der Waals surface area contributed by atoms with E-state index in [0.717, 1.165) is 17.0 Å². The van der Waals surface area contributed by atoms with Gasteiger partial charge in [-0.1, -0.05) is 18.2 Å². The first-order valence-electron chi connectivity index (χ1n) is 7.49. The van der Waals surface area contributed by atoms with E-state index in [1.807, 2.05) is 24.3 Å². The van der Waals surface area contributed by atoms with E-state index in [-0.39, 0.29) is 5.78 Å². The third kappa shape index (κ3) is 2.03. The van der Waals surface area contributed by atoms with Crippen molar-refractivity contribution in [1.29, 1.82) is 0 Å². The Morgan fingerprint density at radius 1 is 1.09 bits per heavy atom. The number of hydrogen-bond donors (Lipinski definition) is 0. The molecule has 0 N–H and O–H groups in total. The highest BCUT2D eigenvalue weighted by atomic mass is 16.5. The first-order chi connectivity index (χ1) is 10.7. The number of ketones is 1. The van der Waals surface area contributed by atoms with Crippen LogP contribution in [0.5, 0.6) is 11.5 Å². The van der Waals surface area contributed by atoms with Gasteiger partial charge in [0.05, 0.1) is 24.3 Å². The highest BCUT2D eigenvalue weighted by molar-refractivity contribution is 6.00. The number of carbonyl (C=O) groups is 1. The minimum atomic E-state index is 0.150. The summed E-state index contributed by atoms with van der Waals surface area (Å²) in [5.41, 5.74) is 4.00. The highest BCUT2D eigenvalue weighted by Gasteiger charge is 2.28. The Hall–Kier alpha value is -2.49. The molecule has 0 aromatic heterocycles. The van der Waals surface area contributed by atoms with Crippen LogP contribution < -0.4 is 14.4 Å². The Morgan fingerprint density at radius 3 is 2.82 bits per heavy atom. The van der Waals surface area contributed by atoms with Gasteiger partial charge >= 0.3 is 0 Å². The van der Waals surface area contributed by atoms with Crippen LogP contribution in [0.25, 0.3) is 0 Å². The standard InChI is InChI=1S/C18H17NO3/c1-12-4-2-3-5-15(12)19-10-14-17(22-11-19)7-6-13-16(20)8-9-21-18(13)14/h2-7H,8-11H2,1H3. The zero-order valence-electron chi connectivity index (χ0n) is 12.5. The fourth-order valence-electron chi connectivity index (χ4n) is 3.12. The van der Waals surface area contributed by atoms with Crippen LogP contribution >= 0.6 is 0 Å². The Morgan fingerprint density at radius 2 is 1.95 bits per heavy atom. The number of aryl methyl sites for hydroxylation is 1. The molecule has 2 aromatic carbocycles. The summed E-state index contributed by atoms with van der Waals surface area (Å²) in [6.45, 7) is 3.74. The number of ether oxygens (including phenoxy) is 2. The summed E-state index contributed by atoms with van der Waals surface area (Å²) in [5.74, 6) is 1.67. The number of anilines is 1. The maximum atomic E-state index is 12.0. The van der Waals surface area contributed by atoms with Crippen molar-refractivity contribution >= 4 is 11.5 Å². The quantitative estimate of drug-likeness (QED) is 0.809. The van der Waals surface area contributed by atoms with E-state index in [2.05, 4.69) is 24.0 Å². The molecule has 2 aliphatic rings. The average Bonchev–Trinajstić information content (AvgIpc) is 2.55. The van der Waals surface area contributed by atoms with E-state index in [1.54, 1.807) is 0 Å². The van der Waals surface area contributed by atoms with Gasteiger partial charge in [0.25, 0.3) is 0 Å². The van der Waals surface area contributed by atoms with Crippen molar-refractivity contribution < 1.29 is 14.3 Å². The summed E-state index contributed by atoms with van der Waals surface area (Å²) in [6.07, 6.45) is 0.453. The minimum absolute atomic E-state index is 0.150. The number of carbonyl (C=O) groups excluding carboxylic acids is 1. The number of para-hydroxylation sites is 1. The summed E-state index contributed by atoms with van der Waals surface area (Å²) in [5, 5.41) is 0. The molecule has 0 unspecified atom stereocenters. The third-order valence-corrected chi connectivity index (χ3v) is 4.27. The Kier molecular flexibility index (Phi) is 3.03. The molecule has 0 saturated carbocycles. The molecular weight excluding hydrogens is 278 g/mol. The van der Waals surface area contributed by atoms with Crippen molar-refractivity contribution in [3.8, 4) is 11.5 Å². The lowest BCUT2D eigenvalue weighted by atomic mass is 9.99. The van der Waals surface area contributed by atoms with Gasteiger partial charge in [-0.15, -0.1) is 0 Å². The second-order valence-electron chi connectivity index (χ2n) is 5.70. The second-order valence-corrected chi connectivity index (χ2v) is 5.70. The Balaban J connectivity index is 1.75. The highest BCUT2D eigenvalue weighted by Crippen LogP contribution is 2.39. The molecule has 112 valence electrons. The van der Waals surface area contributed by atoms with Gasteiger partial charge in [-0.25, -0.2) is 0 Å². The van der Waals surface area contributed by atoms with Gasteiger partial charge in [-0.3, -0.25) is 4.79 Å². The molecule has 0 atom stereocenters. The molecule has 4 heteroatoms. The molecule has 2 heterocycles. The SMILES string of the molecule is Cc1ccccc1N1COc2ccc3c(c2C1)OCCC3=O. The number of Topliss-reactive ketones (excluding diaryl/α,β-unsaturated/α-hetero) is 1. The van der Waals surface area contributed by atoms with Crippen molar-refractivity contribution in [2.24, 2.45) is 0 Å². The van der Waals surface area contributed by atoms with Gasteiger partial charge in [-0.2, -0.15) is 0 Å². The third-order valence-electron chi connectivity index (χ3n) is 4.27. The normalized spacial score (nSPS) is 16.4. The minimum Gasteiger partial charge on any atom is -0.492 e. The monoisotopic (exact) mass is 295 g/mol. The zero-order valence-corrected chi connectivity index (χ0v) is 12.5. The predicted octanol–water partition coefficient (Wildman–Crippen LogP) is 3.32. The van der Waals surface area contributed by atoms with E-state index < -0.39 is 0 Å². The maximum absolute atomic E-state index is 12.0. The molecule has 2 aliphatic heterocycles. The van der Waals surface area contributed by atoms with E-state index in [4.69, 9.17) is 9.47 Å². The predicted molar refractivity (Wildman–Crippen MR) is 83.7 cm³/mol. The van der Waals surface area contributed by atoms with Crippen molar-refractivity contribution in [3.05, 3.63) is 53.1 Å². The van der Waals surface area contributed by atoms with Crippen LogP contribution in [0.4, 0.5) is 5.69 Å². The van der Waals surface area contributed by atoms with E-state index in [0.29, 0.717) is 37.6 Å². The van der Waals surface area contributed by atoms with E-state index in [1.165, 1.54) is 5.56 Å². The fourth-order valence-corrected chi connectivity index (χ4v) is 3.12. The second kappa shape index (κ2) is 5.05. The number of hydrogen-bond acceptors (Lipinski definition) is 4. The molecule has 4 rings (SSSR count).